The molecule has 3 heterocycles. The summed E-state index contributed by atoms with van der Waals surface area (Å²) in [6.45, 7) is 8.93. The molecule has 0 unspecified atom stereocenters. The number of allylic oxidation sites excluding steroid dienone is 1. The number of nitrogens with zero attached hydrogens (tertiary/aromatic N) is 3. The van der Waals surface area contributed by atoms with E-state index < -0.39 is 5.82 Å². The molecular formula is C36H37ClFN5O3. The summed E-state index contributed by atoms with van der Waals surface area (Å²) >= 11 is 5.75. The van der Waals surface area contributed by atoms with E-state index in [2.05, 4.69) is 35.7 Å². The fourth-order valence-electron chi connectivity index (χ4n) is 5.30. The van der Waals surface area contributed by atoms with Crippen LogP contribution in [0.5, 0.6) is 5.75 Å². The molecule has 1 aliphatic rings. The average molecular weight is 642 g/mol. The maximum Gasteiger partial charge on any atom is 0.260 e. The van der Waals surface area contributed by atoms with Crippen molar-refractivity contribution in [3.8, 4) is 16.9 Å². The molecule has 0 spiro atoms. The van der Waals surface area contributed by atoms with Gasteiger partial charge in [0.15, 0.2) is 0 Å². The van der Waals surface area contributed by atoms with Crippen LogP contribution in [0.2, 0.25) is 5.02 Å². The van der Waals surface area contributed by atoms with Crippen LogP contribution >= 0.6 is 11.6 Å². The number of pyridine rings is 3. The first-order valence-corrected chi connectivity index (χ1v) is 15.6. The Labute approximate surface area is 272 Å². The Morgan fingerprint density at radius 1 is 1.09 bits per heavy atom. The monoisotopic (exact) mass is 641 g/mol. The van der Waals surface area contributed by atoms with Crippen molar-refractivity contribution in [1.29, 1.82) is 0 Å². The van der Waals surface area contributed by atoms with Crippen molar-refractivity contribution in [2.45, 2.75) is 51.7 Å². The molecule has 1 aliphatic carbocycles. The van der Waals surface area contributed by atoms with Crippen molar-refractivity contribution in [1.82, 2.24) is 19.9 Å². The summed E-state index contributed by atoms with van der Waals surface area (Å²) in [5, 5.41) is 5.69. The highest BCUT2D eigenvalue weighted by molar-refractivity contribution is 6.30. The molecule has 0 saturated heterocycles. The predicted molar refractivity (Wildman–Crippen MR) is 182 cm³/mol. The van der Waals surface area contributed by atoms with Gasteiger partial charge in [-0.3, -0.25) is 19.6 Å². The summed E-state index contributed by atoms with van der Waals surface area (Å²) in [4.78, 5) is 33.1. The van der Waals surface area contributed by atoms with Gasteiger partial charge in [0.05, 0.1) is 16.5 Å². The highest BCUT2D eigenvalue weighted by Crippen LogP contribution is 2.29. The minimum atomic E-state index is -0.454. The fraction of sp³-hybridized carbons (Fsp3) is 0.278. The van der Waals surface area contributed by atoms with Crippen molar-refractivity contribution in [3.63, 3.8) is 0 Å². The Balaban J connectivity index is 0.000000187. The summed E-state index contributed by atoms with van der Waals surface area (Å²) in [6, 6.07) is 14.0. The molecule has 0 radical (unpaired) electrons. The lowest BCUT2D eigenvalue weighted by Gasteiger charge is -2.16. The Morgan fingerprint density at radius 3 is 2.57 bits per heavy atom. The van der Waals surface area contributed by atoms with Gasteiger partial charge in [-0.1, -0.05) is 31.5 Å². The van der Waals surface area contributed by atoms with Gasteiger partial charge in [-0.15, -0.1) is 6.58 Å². The number of nitrogens with two attached hydrogens (primary N) is 1. The molecule has 8 nitrogen and oxygen atoms in total. The highest BCUT2D eigenvalue weighted by atomic mass is 35.5. The van der Waals surface area contributed by atoms with Crippen molar-refractivity contribution in [3.05, 3.63) is 113 Å². The number of ether oxygens (including phenoxy) is 1. The van der Waals surface area contributed by atoms with Crippen LogP contribution in [0.15, 0.2) is 90.8 Å². The largest absolute Gasteiger partial charge is 0.492 e. The van der Waals surface area contributed by atoms with E-state index >= 15 is 0 Å². The lowest BCUT2D eigenvalue weighted by atomic mass is 10.0. The molecule has 10 heteroatoms. The van der Waals surface area contributed by atoms with Gasteiger partial charge in [0.25, 0.3) is 11.5 Å². The number of carbonyl (C=O) groups is 1. The predicted octanol–water partition coefficient (Wildman–Crippen LogP) is 6.92. The number of benzene rings is 2. The zero-order chi connectivity index (χ0) is 32.8. The van der Waals surface area contributed by atoms with Crippen LogP contribution in [0.4, 0.5) is 4.39 Å². The smallest absolute Gasteiger partial charge is 0.260 e. The second-order valence-electron chi connectivity index (χ2n) is 11.8. The lowest BCUT2D eigenvalue weighted by Crippen LogP contribution is -2.29. The van der Waals surface area contributed by atoms with Gasteiger partial charge in [-0.2, -0.15) is 0 Å². The normalized spacial score (nSPS) is 13.3. The van der Waals surface area contributed by atoms with Crippen LogP contribution in [-0.4, -0.2) is 39.1 Å². The van der Waals surface area contributed by atoms with Crippen LogP contribution in [-0.2, 0) is 6.54 Å². The first-order valence-electron chi connectivity index (χ1n) is 15.3. The molecule has 238 valence electrons. The van der Waals surface area contributed by atoms with Crippen LogP contribution in [0.1, 0.15) is 43.5 Å². The second-order valence-corrected chi connectivity index (χ2v) is 12.2. The number of hydrogen-bond donors (Lipinski definition) is 2. The molecule has 3 N–H and O–H groups in total. The average Bonchev–Trinajstić information content (AvgIpc) is 3.86. The molecule has 3 aromatic heterocycles. The van der Waals surface area contributed by atoms with Gasteiger partial charge in [-0.05, 0) is 73.0 Å². The SMILES string of the molecule is C=CCn1c(=O)c2cnccc2c2ccc(OC[C@@H](N)CC(C)C)cc21.O=C(NC1CC1)c1cnccc1-c1ccc(Cl)cc1F. The van der Waals surface area contributed by atoms with E-state index in [0.29, 0.717) is 51.9 Å². The van der Waals surface area contributed by atoms with Gasteiger partial charge in [-0.25, -0.2) is 4.39 Å². The van der Waals surface area contributed by atoms with Crippen LogP contribution < -0.4 is 21.3 Å². The van der Waals surface area contributed by atoms with E-state index in [1.807, 2.05) is 24.3 Å². The Hall–Kier alpha value is -4.60. The van der Waals surface area contributed by atoms with Gasteiger partial charge < -0.3 is 20.4 Å². The van der Waals surface area contributed by atoms with Crippen molar-refractivity contribution < 1.29 is 13.9 Å². The molecule has 46 heavy (non-hydrogen) atoms. The minimum Gasteiger partial charge on any atom is -0.492 e. The Morgan fingerprint density at radius 2 is 1.85 bits per heavy atom. The zero-order valence-electron chi connectivity index (χ0n) is 25.9. The highest BCUT2D eigenvalue weighted by Gasteiger charge is 2.25. The number of aromatic nitrogens is 3. The van der Waals surface area contributed by atoms with Crippen molar-refractivity contribution in [2.24, 2.45) is 11.7 Å². The van der Waals surface area contributed by atoms with Crippen LogP contribution in [0.3, 0.4) is 0 Å². The topological polar surface area (TPSA) is 112 Å². The van der Waals surface area contributed by atoms with Crippen LogP contribution in [0, 0.1) is 11.7 Å². The van der Waals surface area contributed by atoms with Crippen molar-refractivity contribution >= 4 is 39.2 Å². The van der Waals surface area contributed by atoms with E-state index in [9.17, 15) is 14.0 Å². The standard InChI is InChI=1S/C21H25N3O2.C15H12ClFN2O/c1-4-9-24-20-11-16(26-13-15(22)10-14(2)3)5-6-18(20)17-7-8-23-12-19(17)21(24)25;16-9-1-4-12(14(17)7-9)11-5-6-18-8-13(11)15(20)19-10-2-3-10/h4-8,11-12,14-15H,1,9-10,13,22H2,2-3H3;1,4-8,10H,2-3H2,(H,19,20)/t15-;/m0./s1. The molecule has 2 aromatic carbocycles. The third kappa shape index (κ3) is 7.78. The van der Waals surface area contributed by atoms with E-state index in [-0.39, 0.29) is 23.6 Å². The molecular weight excluding hydrogens is 605 g/mol. The molecule has 1 amide bonds. The van der Waals surface area contributed by atoms with E-state index in [4.69, 9.17) is 22.1 Å². The molecule has 1 fully saturated rings. The third-order valence-electron chi connectivity index (χ3n) is 7.60. The van der Waals surface area contributed by atoms with Gasteiger partial charge in [0, 0.05) is 71.0 Å². The molecule has 6 rings (SSSR count). The number of hydrogen-bond acceptors (Lipinski definition) is 6. The summed E-state index contributed by atoms with van der Waals surface area (Å²) in [5.74, 6) is 0.569. The molecule has 0 aliphatic heterocycles. The summed E-state index contributed by atoms with van der Waals surface area (Å²) < 4.78 is 21.6. The molecule has 0 bridgehead atoms. The summed E-state index contributed by atoms with van der Waals surface area (Å²) in [5.41, 5.74) is 8.10. The maximum absolute atomic E-state index is 14.0. The van der Waals surface area contributed by atoms with Gasteiger partial charge in [0.2, 0.25) is 0 Å². The lowest BCUT2D eigenvalue weighted by molar-refractivity contribution is 0.0951. The second kappa shape index (κ2) is 14.7. The first-order chi connectivity index (χ1) is 22.2. The number of amides is 1. The van der Waals surface area contributed by atoms with Gasteiger partial charge in [0.1, 0.15) is 18.2 Å². The third-order valence-corrected chi connectivity index (χ3v) is 7.83. The fourth-order valence-corrected chi connectivity index (χ4v) is 5.46. The zero-order valence-corrected chi connectivity index (χ0v) is 26.6. The van der Waals surface area contributed by atoms with E-state index in [0.717, 1.165) is 35.6 Å². The minimum absolute atomic E-state index is 0.0104. The number of halogens is 2. The quantitative estimate of drug-likeness (QED) is 0.126. The van der Waals surface area contributed by atoms with E-state index in [1.165, 1.54) is 18.5 Å². The Kier molecular flexibility index (Phi) is 10.4. The Bertz CT molecular complexity index is 1940. The number of nitrogens with one attached hydrogen (secondary N) is 1. The van der Waals surface area contributed by atoms with Gasteiger partial charge >= 0.3 is 0 Å². The maximum atomic E-state index is 14.0. The summed E-state index contributed by atoms with van der Waals surface area (Å²) in [7, 11) is 0. The molecule has 1 atom stereocenters. The van der Waals surface area contributed by atoms with Crippen LogP contribution in [0.25, 0.3) is 32.8 Å². The molecule has 1 saturated carbocycles. The number of carbonyl (C=O) groups excluding carboxylic acids is 1. The summed E-state index contributed by atoms with van der Waals surface area (Å²) in [6.07, 6.45) is 10.9. The number of fused-ring (bicyclic) bond motifs is 3. The number of rotatable bonds is 10. The van der Waals surface area contributed by atoms with Crippen molar-refractivity contribution in [2.75, 3.05) is 6.61 Å². The molecule has 5 aromatic rings. The first kappa shape index (κ1) is 32.8. The van der Waals surface area contributed by atoms with E-state index in [1.54, 1.807) is 41.2 Å².